The largest absolute Gasteiger partial charge is 0.392 e. The van der Waals surface area contributed by atoms with Crippen molar-refractivity contribution >= 4 is 22.8 Å². The van der Waals surface area contributed by atoms with Crippen LogP contribution in [-0.4, -0.2) is 27.3 Å². The molecule has 9 heteroatoms. The number of allylic oxidation sites excluding steroid dienone is 1. The first-order chi connectivity index (χ1) is 10.4. The Bertz CT molecular complexity index is 696. The number of non-ortho nitro benzene ring substituents is 1. The predicted molar refractivity (Wildman–Crippen MR) is 79.8 cm³/mol. The van der Waals surface area contributed by atoms with E-state index in [2.05, 4.69) is 10.5 Å². The van der Waals surface area contributed by atoms with Gasteiger partial charge in [-0.25, -0.2) is 0 Å². The van der Waals surface area contributed by atoms with Crippen LogP contribution >= 0.6 is 0 Å². The number of aliphatic hydroxyl groups excluding tert-OH is 1. The molecule has 0 atom stereocenters. The summed E-state index contributed by atoms with van der Waals surface area (Å²) in [5, 5.41) is 35.1. The summed E-state index contributed by atoms with van der Waals surface area (Å²) in [5.74, 6) is 0. The first kappa shape index (κ1) is 15.6. The van der Waals surface area contributed by atoms with Crippen molar-refractivity contribution in [1.29, 1.82) is 0 Å². The van der Waals surface area contributed by atoms with Crippen LogP contribution in [0.2, 0.25) is 0 Å². The topological polar surface area (TPSA) is 131 Å². The van der Waals surface area contributed by atoms with E-state index in [1.54, 1.807) is 0 Å². The first-order valence-electron chi connectivity index (χ1n) is 6.49. The zero-order chi connectivity index (χ0) is 16.3. The zero-order valence-corrected chi connectivity index (χ0v) is 11.8. The molecule has 0 fully saturated rings. The Labute approximate surface area is 125 Å². The third kappa shape index (κ3) is 3.09. The van der Waals surface area contributed by atoms with Gasteiger partial charge in [-0.3, -0.25) is 25.7 Å². The minimum atomic E-state index is -0.710. The van der Waals surface area contributed by atoms with Gasteiger partial charge in [-0.05, 0) is 31.4 Å². The molecule has 0 aromatic heterocycles. The van der Waals surface area contributed by atoms with Crippen LogP contribution in [0.4, 0.5) is 17.1 Å². The van der Waals surface area contributed by atoms with Gasteiger partial charge >= 0.3 is 5.69 Å². The molecule has 1 aromatic rings. The number of nitro groups is 2. The van der Waals surface area contributed by atoms with Crippen LogP contribution in [0, 0.1) is 20.2 Å². The number of hydrogen-bond donors (Lipinski definition) is 2. The summed E-state index contributed by atoms with van der Waals surface area (Å²) in [6.45, 7) is 1.75. The molecule has 0 heterocycles. The van der Waals surface area contributed by atoms with Crippen molar-refractivity contribution in [1.82, 2.24) is 0 Å². The molecule has 0 radical (unpaired) electrons. The lowest BCUT2D eigenvalue weighted by Gasteiger charge is -2.05. The Morgan fingerprint density at radius 2 is 2.00 bits per heavy atom. The smallest absolute Gasteiger partial charge is 0.301 e. The molecule has 2 N–H and O–H groups in total. The molecule has 22 heavy (non-hydrogen) atoms. The summed E-state index contributed by atoms with van der Waals surface area (Å²) in [5.41, 5.74) is 4.22. The molecular weight excluding hydrogens is 292 g/mol. The highest BCUT2D eigenvalue weighted by Crippen LogP contribution is 2.30. The number of benzene rings is 1. The summed E-state index contributed by atoms with van der Waals surface area (Å²) in [4.78, 5) is 20.3. The van der Waals surface area contributed by atoms with Crippen molar-refractivity contribution in [2.75, 3.05) is 12.0 Å². The third-order valence-corrected chi connectivity index (χ3v) is 3.46. The highest BCUT2D eigenvalue weighted by atomic mass is 16.6. The summed E-state index contributed by atoms with van der Waals surface area (Å²) < 4.78 is 0. The Hall–Kier alpha value is -2.81. The monoisotopic (exact) mass is 306 g/mol. The summed E-state index contributed by atoms with van der Waals surface area (Å²) in [6, 6.07) is 3.29. The van der Waals surface area contributed by atoms with Crippen molar-refractivity contribution in [2.45, 2.75) is 19.8 Å². The molecule has 0 amide bonds. The van der Waals surface area contributed by atoms with Crippen LogP contribution < -0.4 is 5.43 Å². The summed E-state index contributed by atoms with van der Waals surface area (Å²) in [7, 11) is 0. The normalized spacial score (nSPS) is 16.2. The highest BCUT2D eigenvalue weighted by Gasteiger charge is 2.21. The molecule has 0 bridgehead atoms. The second-order valence-electron chi connectivity index (χ2n) is 4.80. The lowest BCUT2D eigenvalue weighted by Crippen LogP contribution is -2.06. The van der Waals surface area contributed by atoms with Gasteiger partial charge in [-0.1, -0.05) is 5.57 Å². The lowest BCUT2D eigenvalue weighted by atomic mass is 10.2. The number of nitrogens with zero attached hydrogens (tertiary/aromatic N) is 3. The van der Waals surface area contributed by atoms with E-state index in [0.29, 0.717) is 12.1 Å². The fraction of sp³-hybridized carbons (Fsp3) is 0.308. The van der Waals surface area contributed by atoms with Crippen LogP contribution in [0.15, 0.2) is 34.4 Å². The Kier molecular flexibility index (Phi) is 4.47. The maximum absolute atomic E-state index is 11.0. The van der Waals surface area contributed by atoms with E-state index >= 15 is 0 Å². The fourth-order valence-corrected chi connectivity index (χ4v) is 2.21. The van der Waals surface area contributed by atoms with Crippen LogP contribution in [0.25, 0.3) is 0 Å². The van der Waals surface area contributed by atoms with Crippen molar-refractivity contribution in [2.24, 2.45) is 5.10 Å². The number of hydrogen-bond acceptors (Lipinski definition) is 7. The summed E-state index contributed by atoms with van der Waals surface area (Å²) >= 11 is 0. The molecule has 1 aliphatic rings. The van der Waals surface area contributed by atoms with E-state index in [0.717, 1.165) is 29.7 Å². The second-order valence-corrected chi connectivity index (χ2v) is 4.80. The molecule has 0 unspecified atom stereocenters. The van der Waals surface area contributed by atoms with Gasteiger partial charge in [0.05, 0.1) is 28.2 Å². The molecule has 1 aromatic carbocycles. The van der Waals surface area contributed by atoms with Gasteiger partial charge in [0.15, 0.2) is 0 Å². The van der Waals surface area contributed by atoms with E-state index in [1.807, 2.05) is 6.92 Å². The van der Waals surface area contributed by atoms with E-state index in [-0.39, 0.29) is 18.0 Å². The Morgan fingerprint density at radius 1 is 1.27 bits per heavy atom. The number of nitrogens with one attached hydrogen (secondary N) is 1. The quantitative estimate of drug-likeness (QED) is 0.634. The van der Waals surface area contributed by atoms with E-state index < -0.39 is 15.5 Å². The molecule has 0 aliphatic heterocycles. The van der Waals surface area contributed by atoms with Gasteiger partial charge in [0.1, 0.15) is 5.69 Å². The molecule has 0 saturated heterocycles. The Balaban J connectivity index is 2.31. The zero-order valence-electron chi connectivity index (χ0n) is 11.8. The van der Waals surface area contributed by atoms with Gasteiger partial charge in [0.2, 0.25) is 0 Å². The predicted octanol–water partition coefficient (Wildman–Crippen LogP) is 2.37. The average Bonchev–Trinajstić information content (AvgIpc) is 2.84. The van der Waals surface area contributed by atoms with Gasteiger partial charge in [-0.2, -0.15) is 5.10 Å². The molecule has 1 aliphatic carbocycles. The van der Waals surface area contributed by atoms with Gasteiger partial charge < -0.3 is 5.11 Å². The van der Waals surface area contributed by atoms with Crippen LogP contribution in [0.1, 0.15) is 19.8 Å². The first-order valence-corrected chi connectivity index (χ1v) is 6.49. The highest BCUT2D eigenvalue weighted by molar-refractivity contribution is 6.03. The number of nitro benzene ring substituents is 2. The minimum Gasteiger partial charge on any atom is -0.392 e. The van der Waals surface area contributed by atoms with E-state index in [9.17, 15) is 25.3 Å². The lowest BCUT2D eigenvalue weighted by molar-refractivity contribution is -0.393. The maximum atomic E-state index is 11.0. The minimum absolute atomic E-state index is 0.0601. The SMILES string of the molecule is CC1=C(CO)/C(=N/Nc2ccc([N+](=O)[O-])cc2[N+](=O)[O-])CC1. The third-order valence-electron chi connectivity index (χ3n) is 3.46. The Morgan fingerprint density at radius 3 is 2.59 bits per heavy atom. The molecule has 0 spiro atoms. The van der Waals surface area contributed by atoms with Crippen molar-refractivity contribution in [3.63, 3.8) is 0 Å². The van der Waals surface area contributed by atoms with Gasteiger partial charge in [0.25, 0.3) is 5.69 Å². The maximum Gasteiger partial charge on any atom is 0.301 e. The van der Waals surface area contributed by atoms with E-state index in [4.69, 9.17) is 0 Å². The number of rotatable bonds is 5. The number of aliphatic hydroxyl groups is 1. The fourth-order valence-electron chi connectivity index (χ4n) is 2.21. The summed E-state index contributed by atoms with van der Waals surface area (Å²) in [6.07, 6.45) is 1.41. The van der Waals surface area contributed by atoms with Crippen molar-refractivity contribution < 1.29 is 15.0 Å². The average molecular weight is 306 g/mol. The molecular formula is C13H14N4O5. The molecule has 9 nitrogen and oxygen atoms in total. The van der Waals surface area contributed by atoms with Crippen LogP contribution in [-0.2, 0) is 0 Å². The van der Waals surface area contributed by atoms with Crippen LogP contribution in [0.3, 0.4) is 0 Å². The second kappa shape index (κ2) is 6.31. The van der Waals surface area contributed by atoms with Crippen LogP contribution in [0.5, 0.6) is 0 Å². The number of hydrazone groups is 1. The van der Waals surface area contributed by atoms with Gasteiger partial charge in [0, 0.05) is 6.07 Å². The van der Waals surface area contributed by atoms with Crippen molar-refractivity contribution in [3.05, 3.63) is 49.6 Å². The standard InChI is InChI=1S/C13H14N4O5/c1-8-2-4-11(10(8)7-18)14-15-12-5-3-9(16(19)20)6-13(12)17(21)22/h3,5-6,15,18H,2,4,7H2,1H3/b14-11+. The molecule has 2 rings (SSSR count). The van der Waals surface area contributed by atoms with Crippen molar-refractivity contribution in [3.8, 4) is 0 Å². The van der Waals surface area contributed by atoms with E-state index in [1.165, 1.54) is 6.07 Å². The number of anilines is 1. The molecule has 0 saturated carbocycles. The van der Waals surface area contributed by atoms with Gasteiger partial charge in [-0.15, -0.1) is 0 Å². The molecule has 116 valence electrons.